The lowest BCUT2D eigenvalue weighted by Crippen LogP contribution is -2.22. The first-order valence-corrected chi connectivity index (χ1v) is 6.79. The fourth-order valence-corrected chi connectivity index (χ4v) is 2.81. The predicted molar refractivity (Wildman–Crippen MR) is 68.4 cm³/mol. The van der Waals surface area contributed by atoms with Gasteiger partial charge in [0.15, 0.2) is 0 Å². The van der Waals surface area contributed by atoms with Crippen molar-refractivity contribution in [1.82, 2.24) is 20.1 Å². The Kier molecular flexibility index (Phi) is 4.54. The highest BCUT2D eigenvalue weighted by Gasteiger charge is 2.18. The number of nitrogens with zero attached hydrogens (tertiary/aromatic N) is 3. The van der Waals surface area contributed by atoms with Crippen molar-refractivity contribution < 1.29 is 0 Å². The van der Waals surface area contributed by atoms with Crippen LogP contribution in [0.1, 0.15) is 44.9 Å². The number of nitrogens with one attached hydrogen (secondary N) is 1. The van der Waals surface area contributed by atoms with Gasteiger partial charge in [0.2, 0.25) is 0 Å². The molecule has 0 saturated heterocycles. The van der Waals surface area contributed by atoms with Crippen molar-refractivity contribution in [2.24, 2.45) is 18.9 Å². The minimum atomic E-state index is 0.832. The molecule has 0 aromatic carbocycles. The maximum atomic E-state index is 4.20. The molecule has 4 nitrogen and oxygen atoms in total. The van der Waals surface area contributed by atoms with Crippen molar-refractivity contribution in [2.45, 2.75) is 45.6 Å². The van der Waals surface area contributed by atoms with Crippen LogP contribution in [-0.4, -0.2) is 21.3 Å². The topological polar surface area (TPSA) is 42.7 Å². The Morgan fingerprint density at radius 3 is 3.06 bits per heavy atom. The number of rotatable bonds is 5. The third kappa shape index (κ3) is 3.80. The van der Waals surface area contributed by atoms with E-state index in [1.807, 2.05) is 11.7 Å². The van der Waals surface area contributed by atoms with Crippen molar-refractivity contribution in [3.8, 4) is 0 Å². The minimum Gasteiger partial charge on any atom is -0.310 e. The van der Waals surface area contributed by atoms with E-state index in [0.717, 1.165) is 30.7 Å². The molecule has 0 amide bonds. The monoisotopic (exact) mass is 236 g/mol. The van der Waals surface area contributed by atoms with Crippen molar-refractivity contribution in [3.05, 3.63) is 12.2 Å². The van der Waals surface area contributed by atoms with E-state index in [1.165, 1.54) is 32.1 Å². The summed E-state index contributed by atoms with van der Waals surface area (Å²) < 4.78 is 1.83. The van der Waals surface area contributed by atoms with Gasteiger partial charge in [-0.15, -0.1) is 0 Å². The summed E-state index contributed by atoms with van der Waals surface area (Å²) in [5.41, 5.74) is 0. The zero-order valence-corrected chi connectivity index (χ0v) is 11.0. The molecule has 2 atom stereocenters. The summed E-state index contributed by atoms with van der Waals surface area (Å²) in [6.45, 7) is 4.32. The quantitative estimate of drug-likeness (QED) is 0.796. The van der Waals surface area contributed by atoms with E-state index in [1.54, 1.807) is 6.33 Å². The van der Waals surface area contributed by atoms with E-state index >= 15 is 0 Å². The van der Waals surface area contributed by atoms with Gasteiger partial charge in [0.1, 0.15) is 12.2 Å². The lowest BCUT2D eigenvalue weighted by atomic mass is 9.81. The maximum absolute atomic E-state index is 4.20. The van der Waals surface area contributed by atoms with Gasteiger partial charge in [0, 0.05) is 7.05 Å². The lowest BCUT2D eigenvalue weighted by Gasteiger charge is -2.26. The summed E-state index contributed by atoms with van der Waals surface area (Å²) in [7, 11) is 1.94. The van der Waals surface area contributed by atoms with Gasteiger partial charge in [-0.25, -0.2) is 4.98 Å². The molecule has 2 rings (SSSR count). The van der Waals surface area contributed by atoms with Crippen LogP contribution in [-0.2, 0) is 13.6 Å². The van der Waals surface area contributed by atoms with Crippen LogP contribution < -0.4 is 5.32 Å². The number of hydrogen-bond donors (Lipinski definition) is 1. The number of aryl methyl sites for hydroxylation is 1. The molecule has 0 aliphatic heterocycles. The molecule has 1 N–H and O–H groups in total. The maximum Gasteiger partial charge on any atom is 0.140 e. The number of aromatic nitrogens is 3. The summed E-state index contributed by atoms with van der Waals surface area (Å²) in [4.78, 5) is 4.20. The van der Waals surface area contributed by atoms with E-state index < -0.39 is 0 Å². The molecular formula is C13H24N4. The number of hydrogen-bond acceptors (Lipinski definition) is 3. The Morgan fingerprint density at radius 1 is 1.47 bits per heavy atom. The average molecular weight is 236 g/mol. The molecule has 0 bridgehead atoms. The Labute approximate surface area is 104 Å². The summed E-state index contributed by atoms with van der Waals surface area (Å²) >= 11 is 0. The van der Waals surface area contributed by atoms with Crippen LogP contribution in [0.25, 0.3) is 0 Å². The second kappa shape index (κ2) is 6.15. The molecule has 1 aliphatic carbocycles. The second-order valence-corrected chi connectivity index (χ2v) is 5.40. The molecule has 96 valence electrons. The van der Waals surface area contributed by atoms with Gasteiger partial charge in [0.25, 0.3) is 0 Å². The average Bonchev–Trinajstić information content (AvgIpc) is 2.71. The Balaban J connectivity index is 1.61. The van der Waals surface area contributed by atoms with Gasteiger partial charge >= 0.3 is 0 Å². The van der Waals surface area contributed by atoms with Crippen molar-refractivity contribution >= 4 is 0 Å². The first-order valence-electron chi connectivity index (χ1n) is 6.79. The zero-order valence-electron chi connectivity index (χ0n) is 11.0. The largest absolute Gasteiger partial charge is 0.310 e. The lowest BCUT2D eigenvalue weighted by molar-refractivity contribution is 0.267. The molecule has 1 fully saturated rings. The normalized spacial score (nSPS) is 25.1. The molecule has 2 unspecified atom stereocenters. The van der Waals surface area contributed by atoms with Crippen LogP contribution in [0.4, 0.5) is 0 Å². The van der Waals surface area contributed by atoms with E-state index in [4.69, 9.17) is 0 Å². The highest BCUT2D eigenvalue weighted by atomic mass is 15.3. The highest BCUT2D eigenvalue weighted by Crippen LogP contribution is 2.30. The Bertz CT molecular complexity index is 334. The van der Waals surface area contributed by atoms with Gasteiger partial charge in [-0.1, -0.05) is 26.2 Å². The molecule has 0 spiro atoms. The molecule has 1 heterocycles. The molecular weight excluding hydrogens is 212 g/mol. The molecule has 1 aromatic rings. The van der Waals surface area contributed by atoms with Crippen LogP contribution >= 0.6 is 0 Å². The summed E-state index contributed by atoms with van der Waals surface area (Å²) in [5, 5.41) is 7.53. The molecule has 1 saturated carbocycles. The van der Waals surface area contributed by atoms with Crippen LogP contribution in [0.15, 0.2) is 6.33 Å². The summed E-state index contributed by atoms with van der Waals surface area (Å²) in [6, 6.07) is 0. The standard InChI is InChI=1S/C13H24N4/c1-11-4-3-5-12(8-11)6-7-14-9-13-15-10-16-17(13)2/h10-12,14H,3-9H2,1-2H3. The summed E-state index contributed by atoms with van der Waals surface area (Å²) in [5.74, 6) is 2.89. The second-order valence-electron chi connectivity index (χ2n) is 5.40. The Morgan fingerprint density at radius 2 is 2.35 bits per heavy atom. The van der Waals surface area contributed by atoms with Crippen molar-refractivity contribution in [1.29, 1.82) is 0 Å². The van der Waals surface area contributed by atoms with Gasteiger partial charge in [-0.3, -0.25) is 4.68 Å². The van der Waals surface area contributed by atoms with Crippen LogP contribution in [0.5, 0.6) is 0 Å². The molecule has 0 radical (unpaired) electrons. The first-order chi connectivity index (χ1) is 8.25. The predicted octanol–water partition coefficient (Wildman–Crippen LogP) is 2.12. The minimum absolute atomic E-state index is 0.832. The third-order valence-corrected chi connectivity index (χ3v) is 3.86. The van der Waals surface area contributed by atoms with Crippen molar-refractivity contribution in [2.75, 3.05) is 6.54 Å². The van der Waals surface area contributed by atoms with Crippen LogP contribution in [0.3, 0.4) is 0 Å². The molecule has 1 aromatic heterocycles. The van der Waals surface area contributed by atoms with Gasteiger partial charge in [-0.05, 0) is 31.2 Å². The van der Waals surface area contributed by atoms with Gasteiger partial charge in [0.05, 0.1) is 6.54 Å². The first kappa shape index (κ1) is 12.6. The summed E-state index contributed by atoms with van der Waals surface area (Å²) in [6.07, 6.45) is 8.63. The Hall–Kier alpha value is -0.900. The zero-order chi connectivity index (χ0) is 12.1. The fourth-order valence-electron chi connectivity index (χ4n) is 2.81. The van der Waals surface area contributed by atoms with Crippen molar-refractivity contribution in [3.63, 3.8) is 0 Å². The van der Waals surface area contributed by atoms with E-state index in [9.17, 15) is 0 Å². The van der Waals surface area contributed by atoms with E-state index in [-0.39, 0.29) is 0 Å². The molecule has 4 heteroatoms. The van der Waals surface area contributed by atoms with Gasteiger partial charge < -0.3 is 5.32 Å². The fraction of sp³-hybridized carbons (Fsp3) is 0.846. The molecule has 1 aliphatic rings. The van der Waals surface area contributed by atoms with Gasteiger partial charge in [-0.2, -0.15) is 5.10 Å². The highest BCUT2D eigenvalue weighted by molar-refractivity contribution is 4.82. The SMILES string of the molecule is CC1CCCC(CCNCc2ncnn2C)C1. The van der Waals surface area contributed by atoms with Crippen LogP contribution in [0.2, 0.25) is 0 Å². The van der Waals surface area contributed by atoms with E-state index in [0.29, 0.717) is 0 Å². The third-order valence-electron chi connectivity index (χ3n) is 3.86. The van der Waals surface area contributed by atoms with E-state index in [2.05, 4.69) is 22.3 Å². The van der Waals surface area contributed by atoms with Crippen LogP contribution in [0, 0.1) is 11.8 Å². The smallest absolute Gasteiger partial charge is 0.140 e. The molecule has 17 heavy (non-hydrogen) atoms.